The highest BCUT2D eigenvalue weighted by Crippen LogP contribution is 2.13. The minimum absolute atomic E-state index is 0. The summed E-state index contributed by atoms with van der Waals surface area (Å²) in [4.78, 5) is 8.52. The first-order chi connectivity index (χ1) is 12.8. The van der Waals surface area contributed by atoms with Crippen LogP contribution in [0.2, 0.25) is 0 Å². The van der Waals surface area contributed by atoms with E-state index in [4.69, 9.17) is 4.74 Å². The summed E-state index contributed by atoms with van der Waals surface area (Å²) in [5, 5.41) is 6.70. The summed E-state index contributed by atoms with van der Waals surface area (Å²) >= 11 is 0. The van der Waals surface area contributed by atoms with Gasteiger partial charge in [0.2, 0.25) is 0 Å². The first-order valence-corrected chi connectivity index (χ1v) is 9.38. The van der Waals surface area contributed by atoms with Gasteiger partial charge in [0.25, 0.3) is 0 Å². The van der Waals surface area contributed by atoms with E-state index in [-0.39, 0.29) is 24.0 Å². The Balaban J connectivity index is 0.00000364. The molecule has 27 heavy (non-hydrogen) atoms. The van der Waals surface area contributed by atoms with Crippen LogP contribution in [0.3, 0.4) is 0 Å². The van der Waals surface area contributed by atoms with Crippen LogP contribution in [-0.4, -0.2) is 24.5 Å². The van der Waals surface area contributed by atoms with Crippen LogP contribution in [0.5, 0.6) is 5.75 Å². The smallest absolute Gasteiger partial charge is 0.191 e. The normalized spacial score (nSPS) is 10.8. The SMILES string of the molecule is CCCCCCNC(=NC)NCc1ccc(OCc2ccccn2)cc1.I. The number of pyridine rings is 1. The standard InChI is InChI=1S/C21H30N4O.HI/c1-3-4-5-7-15-24-21(22-2)25-16-18-10-12-20(13-11-18)26-17-19-9-6-8-14-23-19;/h6,8-14H,3-5,7,15-17H2,1-2H3,(H2,22,24,25);1H. The van der Waals surface area contributed by atoms with Crippen molar-refractivity contribution < 1.29 is 4.74 Å². The van der Waals surface area contributed by atoms with Crippen molar-refractivity contribution in [2.45, 2.75) is 45.8 Å². The lowest BCUT2D eigenvalue weighted by molar-refractivity contribution is 0.301. The molecular weight excluding hydrogens is 451 g/mol. The van der Waals surface area contributed by atoms with Crippen LogP contribution < -0.4 is 15.4 Å². The molecule has 1 aromatic heterocycles. The summed E-state index contributed by atoms with van der Waals surface area (Å²) in [5.41, 5.74) is 2.11. The van der Waals surface area contributed by atoms with E-state index >= 15 is 0 Å². The molecule has 5 nitrogen and oxygen atoms in total. The van der Waals surface area contributed by atoms with Gasteiger partial charge >= 0.3 is 0 Å². The van der Waals surface area contributed by atoms with E-state index in [1.807, 2.05) is 30.3 Å². The van der Waals surface area contributed by atoms with Crippen molar-refractivity contribution in [1.82, 2.24) is 15.6 Å². The van der Waals surface area contributed by atoms with Gasteiger partial charge < -0.3 is 15.4 Å². The maximum absolute atomic E-state index is 5.76. The van der Waals surface area contributed by atoms with Crippen molar-refractivity contribution in [2.24, 2.45) is 4.99 Å². The molecule has 2 rings (SSSR count). The molecule has 0 fully saturated rings. The van der Waals surface area contributed by atoms with Gasteiger partial charge in [0, 0.05) is 26.3 Å². The van der Waals surface area contributed by atoms with E-state index in [0.717, 1.165) is 30.5 Å². The van der Waals surface area contributed by atoms with Gasteiger partial charge in [-0.1, -0.05) is 44.4 Å². The fourth-order valence-electron chi connectivity index (χ4n) is 2.51. The third kappa shape index (κ3) is 9.60. The van der Waals surface area contributed by atoms with Gasteiger partial charge in [0.15, 0.2) is 5.96 Å². The van der Waals surface area contributed by atoms with Crippen molar-refractivity contribution in [3.05, 3.63) is 59.9 Å². The molecule has 0 aliphatic rings. The maximum Gasteiger partial charge on any atom is 0.191 e. The Labute approximate surface area is 180 Å². The number of hydrogen-bond donors (Lipinski definition) is 2. The minimum atomic E-state index is 0. The van der Waals surface area contributed by atoms with Crippen LogP contribution in [0.25, 0.3) is 0 Å². The van der Waals surface area contributed by atoms with E-state index in [9.17, 15) is 0 Å². The topological polar surface area (TPSA) is 58.5 Å². The number of aliphatic imine (C=N–C) groups is 1. The number of unbranched alkanes of at least 4 members (excludes halogenated alkanes) is 3. The van der Waals surface area contributed by atoms with Gasteiger partial charge in [0.05, 0.1) is 5.69 Å². The van der Waals surface area contributed by atoms with Crippen LogP contribution in [0, 0.1) is 0 Å². The summed E-state index contributed by atoms with van der Waals surface area (Å²) < 4.78 is 5.76. The summed E-state index contributed by atoms with van der Waals surface area (Å²) in [6.45, 7) is 4.39. The number of rotatable bonds is 10. The van der Waals surface area contributed by atoms with Crippen molar-refractivity contribution in [1.29, 1.82) is 0 Å². The highest BCUT2D eigenvalue weighted by molar-refractivity contribution is 14.0. The first kappa shape index (κ1) is 23.2. The number of benzene rings is 1. The summed E-state index contributed by atoms with van der Waals surface area (Å²) in [7, 11) is 1.80. The number of halogens is 1. The molecule has 0 amide bonds. The van der Waals surface area contributed by atoms with Crippen LogP contribution >= 0.6 is 24.0 Å². The third-order valence-electron chi connectivity index (χ3n) is 4.04. The zero-order valence-electron chi connectivity index (χ0n) is 16.3. The number of nitrogens with zero attached hydrogens (tertiary/aromatic N) is 2. The number of guanidine groups is 1. The van der Waals surface area contributed by atoms with Gasteiger partial charge in [-0.25, -0.2) is 0 Å². The Morgan fingerprint density at radius 2 is 1.85 bits per heavy atom. The zero-order valence-corrected chi connectivity index (χ0v) is 18.6. The van der Waals surface area contributed by atoms with Crippen LogP contribution in [0.1, 0.15) is 43.9 Å². The Hall–Kier alpha value is -1.83. The maximum atomic E-state index is 5.76. The first-order valence-electron chi connectivity index (χ1n) is 9.38. The van der Waals surface area contributed by atoms with Crippen LogP contribution in [-0.2, 0) is 13.2 Å². The number of aromatic nitrogens is 1. The second kappa shape index (κ2) is 14.3. The zero-order chi connectivity index (χ0) is 18.5. The molecule has 0 bridgehead atoms. The second-order valence-electron chi connectivity index (χ2n) is 6.17. The highest BCUT2D eigenvalue weighted by Gasteiger charge is 2.00. The third-order valence-corrected chi connectivity index (χ3v) is 4.04. The molecule has 6 heteroatoms. The van der Waals surface area contributed by atoms with E-state index in [1.54, 1.807) is 13.2 Å². The molecule has 148 valence electrons. The van der Waals surface area contributed by atoms with Crippen LogP contribution in [0.15, 0.2) is 53.7 Å². The van der Waals surface area contributed by atoms with Crippen molar-refractivity contribution in [3.63, 3.8) is 0 Å². The average Bonchev–Trinajstić information content (AvgIpc) is 2.70. The second-order valence-corrected chi connectivity index (χ2v) is 6.17. The van der Waals surface area contributed by atoms with Gasteiger partial charge in [-0.15, -0.1) is 24.0 Å². The molecule has 0 saturated heterocycles. The predicted octanol–water partition coefficient (Wildman–Crippen LogP) is 4.52. The molecule has 0 unspecified atom stereocenters. The molecular formula is C21H31IN4O. The lowest BCUT2D eigenvalue weighted by Crippen LogP contribution is -2.37. The van der Waals surface area contributed by atoms with Gasteiger partial charge in [-0.2, -0.15) is 0 Å². The van der Waals surface area contributed by atoms with E-state index < -0.39 is 0 Å². The number of nitrogens with one attached hydrogen (secondary N) is 2. The Kier molecular flexibility index (Phi) is 12.3. The summed E-state index contributed by atoms with van der Waals surface area (Å²) in [5.74, 6) is 1.69. The molecule has 0 saturated carbocycles. The monoisotopic (exact) mass is 482 g/mol. The quantitative estimate of drug-likeness (QED) is 0.226. The molecule has 1 heterocycles. The molecule has 0 atom stereocenters. The highest BCUT2D eigenvalue weighted by atomic mass is 127. The van der Waals surface area contributed by atoms with Gasteiger partial charge in [-0.3, -0.25) is 9.98 Å². The summed E-state index contributed by atoms with van der Waals surface area (Å²) in [6.07, 6.45) is 6.77. The molecule has 1 aromatic carbocycles. The molecule has 2 aromatic rings. The Morgan fingerprint density at radius 3 is 2.52 bits per heavy atom. The fraction of sp³-hybridized carbons (Fsp3) is 0.429. The molecule has 0 aliphatic carbocycles. The van der Waals surface area contributed by atoms with E-state index in [0.29, 0.717) is 6.61 Å². The molecule has 0 radical (unpaired) electrons. The lowest BCUT2D eigenvalue weighted by atomic mass is 10.2. The van der Waals surface area contributed by atoms with Crippen molar-refractivity contribution in [2.75, 3.05) is 13.6 Å². The number of hydrogen-bond acceptors (Lipinski definition) is 3. The van der Waals surface area contributed by atoms with Crippen LogP contribution in [0.4, 0.5) is 0 Å². The van der Waals surface area contributed by atoms with Crippen molar-refractivity contribution in [3.8, 4) is 5.75 Å². The van der Waals surface area contributed by atoms with Crippen molar-refractivity contribution >= 4 is 29.9 Å². The van der Waals surface area contributed by atoms with E-state index in [2.05, 4.69) is 39.7 Å². The molecule has 2 N–H and O–H groups in total. The summed E-state index contributed by atoms with van der Waals surface area (Å²) in [6, 6.07) is 13.9. The van der Waals surface area contributed by atoms with Gasteiger partial charge in [0.1, 0.15) is 12.4 Å². The minimum Gasteiger partial charge on any atom is -0.487 e. The largest absolute Gasteiger partial charge is 0.487 e. The predicted molar refractivity (Wildman–Crippen MR) is 123 cm³/mol. The number of ether oxygens (including phenoxy) is 1. The Morgan fingerprint density at radius 1 is 1.04 bits per heavy atom. The average molecular weight is 482 g/mol. The Bertz CT molecular complexity index is 647. The van der Waals surface area contributed by atoms with Gasteiger partial charge in [-0.05, 0) is 36.2 Å². The fourth-order valence-corrected chi connectivity index (χ4v) is 2.51. The molecule has 0 aliphatic heterocycles. The van der Waals surface area contributed by atoms with E-state index in [1.165, 1.54) is 31.2 Å². The molecule has 0 spiro atoms. The lowest BCUT2D eigenvalue weighted by Gasteiger charge is -2.12.